The lowest BCUT2D eigenvalue weighted by molar-refractivity contribution is -0.563. The van der Waals surface area contributed by atoms with Crippen LogP contribution in [0.15, 0.2) is 0 Å². The molecule has 76 valence electrons. The lowest BCUT2D eigenvalue weighted by atomic mass is 9.80. The van der Waals surface area contributed by atoms with Gasteiger partial charge in [-0.15, -0.1) is 0 Å². The van der Waals surface area contributed by atoms with Gasteiger partial charge in [-0.05, 0) is 13.8 Å². The fourth-order valence-electron chi connectivity index (χ4n) is 1.22. The minimum absolute atomic E-state index is 0.0162. The number of hydrogen-bond donors (Lipinski definition) is 1. The highest BCUT2D eigenvalue weighted by molar-refractivity contribution is 5.73. The summed E-state index contributed by atoms with van der Waals surface area (Å²) in [6.07, 6.45) is 0.0162. The number of carbonyl (C=O) groups is 1. The van der Waals surface area contributed by atoms with E-state index >= 15 is 0 Å². The molecule has 0 amide bonds. The second-order valence-corrected chi connectivity index (χ2v) is 4.44. The standard InChI is InChI=1S/C8H15NO4/c1-7(2,6(10)11)5-8(3,4)9(12)13/h5H2,1-4H3,(H,10,11). The zero-order valence-electron chi connectivity index (χ0n) is 8.33. The van der Waals surface area contributed by atoms with Gasteiger partial charge in [0.15, 0.2) is 0 Å². The van der Waals surface area contributed by atoms with Gasteiger partial charge in [-0.25, -0.2) is 0 Å². The van der Waals surface area contributed by atoms with E-state index in [2.05, 4.69) is 0 Å². The molecular formula is C8H15NO4. The first-order chi connectivity index (χ1) is 5.59. The zero-order valence-corrected chi connectivity index (χ0v) is 8.33. The molecular weight excluding hydrogens is 174 g/mol. The van der Waals surface area contributed by atoms with Crippen LogP contribution in [0.2, 0.25) is 0 Å². The van der Waals surface area contributed by atoms with Crippen LogP contribution in [0.4, 0.5) is 0 Å². The summed E-state index contributed by atoms with van der Waals surface area (Å²) in [7, 11) is 0. The van der Waals surface area contributed by atoms with Crippen molar-refractivity contribution in [3.05, 3.63) is 10.1 Å². The third-order valence-corrected chi connectivity index (χ3v) is 1.95. The lowest BCUT2D eigenvalue weighted by Crippen LogP contribution is -2.39. The fraction of sp³-hybridized carbons (Fsp3) is 0.875. The van der Waals surface area contributed by atoms with Crippen molar-refractivity contribution in [2.45, 2.75) is 39.7 Å². The Labute approximate surface area is 76.9 Å². The van der Waals surface area contributed by atoms with Crippen LogP contribution in [-0.2, 0) is 4.79 Å². The average molecular weight is 189 g/mol. The van der Waals surface area contributed by atoms with Crippen LogP contribution in [0.5, 0.6) is 0 Å². The van der Waals surface area contributed by atoms with E-state index in [1.807, 2.05) is 0 Å². The maximum Gasteiger partial charge on any atom is 0.309 e. The molecule has 0 spiro atoms. The van der Waals surface area contributed by atoms with Gasteiger partial charge < -0.3 is 5.11 Å². The summed E-state index contributed by atoms with van der Waals surface area (Å²) in [4.78, 5) is 20.8. The highest BCUT2D eigenvalue weighted by atomic mass is 16.6. The van der Waals surface area contributed by atoms with E-state index in [-0.39, 0.29) is 6.42 Å². The van der Waals surface area contributed by atoms with Gasteiger partial charge in [0, 0.05) is 25.2 Å². The Kier molecular flexibility index (Phi) is 3.03. The van der Waals surface area contributed by atoms with E-state index in [1.165, 1.54) is 27.7 Å². The molecule has 0 saturated carbocycles. The molecule has 0 saturated heterocycles. The number of aliphatic carboxylic acids is 1. The van der Waals surface area contributed by atoms with Crippen LogP contribution in [0, 0.1) is 15.5 Å². The summed E-state index contributed by atoms with van der Waals surface area (Å²) in [5.41, 5.74) is -2.25. The van der Waals surface area contributed by atoms with Crippen molar-refractivity contribution >= 4 is 5.97 Å². The Morgan fingerprint density at radius 3 is 2.00 bits per heavy atom. The molecule has 0 rings (SSSR count). The van der Waals surface area contributed by atoms with Crippen molar-refractivity contribution in [1.29, 1.82) is 0 Å². The van der Waals surface area contributed by atoms with Crippen LogP contribution in [0.1, 0.15) is 34.1 Å². The third-order valence-electron chi connectivity index (χ3n) is 1.95. The number of carboxylic acid groups (broad SMARTS) is 1. The average Bonchev–Trinajstić information content (AvgIpc) is 1.83. The van der Waals surface area contributed by atoms with Gasteiger partial charge in [0.2, 0.25) is 5.54 Å². The Bertz CT molecular complexity index is 208. The molecule has 1 N–H and O–H groups in total. The number of hydrogen-bond acceptors (Lipinski definition) is 3. The second-order valence-electron chi connectivity index (χ2n) is 4.44. The van der Waals surface area contributed by atoms with Crippen molar-refractivity contribution in [3.63, 3.8) is 0 Å². The maximum absolute atomic E-state index is 10.7. The third kappa shape index (κ3) is 3.01. The Morgan fingerprint density at radius 1 is 1.38 bits per heavy atom. The maximum atomic E-state index is 10.7. The summed E-state index contributed by atoms with van der Waals surface area (Å²) < 4.78 is 0. The minimum Gasteiger partial charge on any atom is -0.481 e. The zero-order chi connectivity index (χ0) is 10.9. The molecule has 0 unspecified atom stereocenters. The van der Waals surface area contributed by atoms with Gasteiger partial charge in [-0.1, -0.05) is 0 Å². The molecule has 0 bridgehead atoms. The van der Waals surface area contributed by atoms with E-state index in [4.69, 9.17) is 5.11 Å². The van der Waals surface area contributed by atoms with Gasteiger partial charge in [0.1, 0.15) is 0 Å². The molecule has 0 aliphatic heterocycles. The fourth-order valence-corrected chi connectivity index (χ4v) is 1.22. The van der Waals surface area contributed by atoms with E-state index < -0.39 is 21.8 Å². The topological polar surface area (TPSA) is 80.4 Å². The summed E-state index contributed by atoms with van der Waals surface area (Å²) >= 11 is 0. The van der Waals surface area contributed by atoms with Crippen molar-refractivity contribution in [1.82, 2.24) is 0 Å². The summed E-state index contributed by atoms with van der Waals surface area (Å²) in [5, 5.41) is 19.3. The highest BCUT2D eigenvalue weighted by Gasteiger charge is 2.41. The van der Waals surface area contributed by atoms with E-state index in [1.54, 1.807) is 0 Å². The molecule has 0 fully saturated rings. The first-order valence-electron chi connectivity index (χ1n) is 3.97. The Balaban J connectivity index is 4.61. The van der Waals surface area contributed by atoms with Crippen LogP contribution >= 0.6 is 0 Å². The smallest absolute Gasteiger partial charge is 0.309 e. The van der Waals surface area contributed by atoms with Gasteiger partial charge >= 0.3 is 5.97 Å². The predicted molar refractivity (Wildman–Crippen MR) is 47.1 cm³/mol. The van der Waals surface area contributed by atoms with Crippen LogP contribution < -0.4 is 0 Å². The summed E-state index contributed by atoms with van der Waals surface area (Å²) in [5.74, 6) is -1.01. The number of nitrogens with zero attached hydrogens (tertiary/aromatic N) is 1. The van der Waals surface area contributed by atoms with Crippen LogP contribution in [0.3, 0.4) is 0 Å². The monoisotopic (exact) mass is 189 g/mol. The molecule has 5 heteroatoms. The first kappa shape index (κ1) is 11.9. The van der Waals surface area contributed by atoms with Crippen LogP contribution in [0.25, 0.3) is 0 Å². The van der Waals surface area contributed by atoms with Crippen molar-refractivity contribution < 1.29 is 14.8 Å². The molecule has 0 aromatic carbocycles. The Morgan fingerprint density at radius 2 is 1.77 bits per heavy atom. The molecule has 0 aromatic heterocycles. The van der Waals surface area contributed by atoms with Gasteiger partial charge in [-0.2, -0.15) is 0 Å². The minimum atomic E-state index is -1.19. The predicted octanol–water partition coefficient (Wildman–Crippen LogP) is 1.54. The van der Waals surface area contributed by atoms with Crippen LogP contribution in [-0.4, -0.2) is 21.5 Å². The largest absolute Gasteiger partial charge is 0.481 e. The summed E-state index contributed by atoms with van der Waals surface area (Å²) in [6.45, 7) is 5.83. The number of nitro groups is 1. The number of carboxylic acids is 1. The SMILES string of the molecule is CC(C)(CC(C)(C)[N+](=O)[O-])C(=O)O. The summed E-state index contributed by atoms with van der Waals surface area (Å²) in [6, 6.07) is 0. The molecule has 0 aliphatic carbocycles. The Hall–Kier alpha value is -1.13. The number of rotatable bonds is 4. The van der Waals surface area contributed by atoms with E-state index in [9.17, 15) is 14.9 Å². The van der Waals surface area contributed by atoms with Crippen molar-refractivity contribution in [2.75, 3.05) is 0 Å². The van der Waals surface area contributed by atoms with Crippen molar-refractivity contribution in [2.24, 2.45) is 5.41 Å². The molecule has 0 atom stereocenters. The lowest BCUT2D eigenvalue weighted by Gasteiger charge is -2.25. The molecule has 0 radical (unpaired) electrons. The van der Waals surface area contributed by atoms with Gasteiger partial charge in [0.25, 0.3) is 0 Å². The highest BCUT2D eigenvalue weighted by Crippen LogP contribution is 2.29. The molecule has 0 aromatic rings. The normalized spacial score (nSPS) is 12.6. The van der Waals surface area contributed by atoms with E-state index in [0.29, 0.717) is 0 Å². The van der Waals surface area contributed by atoms with Gasteiger partial charge in [0.05, 0.1) is 5.41 Å². The first-order valence-corrected chi connectivity index (χ1v) is 3.97. The molecule has 13 heavy (non-hydrogen) atoms. The van der Waals surface area contributed by atoms with Crippen molar-refractivity contribution in [3.8, 4) is 0 Å². The molecule has 5 nitrogen and oxygen atoms in total. The quantitative estimate of drug-likeness (QED) is 0.537. The van der Waals surface area contributed by atoms with E-state index in [0.717, 1.165) is 0 Å². The van der Waals surface area contributed by atoms with Gasteiger partial charge in [-0.3, -0.25) is 14.9 Å². The molecule has 0 heterocycles. The molecule has 0 aliphatic rings. The second kappa shape index (κ2) is 3.32.